The summed E-state index contributed by atoms with van der Waals surface area (Å²) in [4.78, 5) is 2.71. The van der Waals surface area contributed by atoms with E-state index < -0.39 is 0 Å². The van der Waals surface area contributed by atoms with Crippen LogP contribution in [0.25, 0.3) is 0 Å². The van der Waals surface area contributed by atoms with Gasteiger partial charge in [-0.25, -0.2) is 0 Å². The molecule has 2 nitrogen and oxygen atoms in total. The molecule has 0 amide bonds. The zero-order valence-corrected chi connectivity index (χ0v) is 12.2. The van der Waals surface area contributed by atoms with Crippen LogP contribution in [-0.2, 0) is 0 Å². The van der Waals surface area contributed by atoms with Gasteiger partial charge in [-0.3, -0.25) is 4.90 Å². The van der Waals surface area contributed by atoms with Gasteiger partial charge in [-0.1, -0.05) is 13.8 Å². The van der Waals surface area contributed by atoms with E-state index in [0.29, 0.717) is 11.6 Å². The summed E-state index contributed by atoms with van der Waals surface area (Å²) in [5, 5.41) is 1.53. The molecule has 2 saturated heterocycles. The van der Waals surface area contributed by atoms with E-state index in [1.165, 1.54) is 24.5 Å². The van der Waals surface area contributed by atoms with Gasteiger partial charge in [-0.2, -0.15) is 23.5 Å². The quantitative estimate of drug-likeness (QED) is 0.823. The summed E-state index contributed by atoms with van der Waals surface area (Å²) < 4.78 is 0. The molecule has 4 unspecified atom stereocenters. The lowest BCUT2D eigenvalue weighted by atomic mass is 9.91. The van der Waals surface area contributed by atoms with Crippen molar-refractivity contribution in [3.05, 3.63) is 0 Å². The highest BCUT2D eigenvalue weighted by atomic mass is 32.2. The van der Waals surface area contributed by atoms with Crippen molar-refractivity contribution in [2.45, 2.75) is 49.3 Å². The maximum Gasteiger partial charge on any atom is 0.0436 e. The zero-order chi connectivity index (χ0) is 11.8. The van der Waals surface area contributed by atoms with E-state index in [0.717, 1.165) is 17.0 Å². The third-order valence-corrected chi connectivity index (χ3v) is 6.95. The summed E-state index contributed by atoms with van der Waals surface area (Å²) in [7, 11) is 0. The molecule has 0 spiro atoms. The number of hydrogen-bond donors (Lipinski definition) is 1. The standard InChI is InChI=1S/C12H24N2S2/c1-9-6-12(7-13,8-16-9)14-4-5-15-11(3)10(14)2/h9-11H,4-8,13H2,1-3H3. The molecule has 4 atom stereocenters. The number of thioether (sulfide) groups is 2. The van der Waals surface area contributed by atoms with Crippen molar-refractivity contribution in [2.75, 3.05) is 24.6 Å². The van der Waals surface area contributed by atoms with Gasteiger partial charge >= 0.3 is 0 Å². The van der Waals surface area contributed by atoms with E-state index >= 15 is 0 Å². The summed E-state index contributed by atoms with van der Waals surface area (Å²) in [6.45, 7) is 9.13. The number of rotatable bonds is 2. The fourth-order valence-electron chi connectivity index (χ4n) is 3.01. The van der Waals surface area contributed by atoms with Gasteiger partial charge in [0, 0.05) is 46.7 Å². The highest BCUT2D eigenvalue weighted by molar-refractivity contribution is 8.00. The van der Waals surface area contributed by atoms with E-state index in [-0.39, 0.29) is 0 Å². The molecular weight excluding hydrogens is 236 g/mol. The summed E-state index contributed by atoms with van der Waals surface area (Å²) in [6, 6.07) is 0.674. The zero-order valence-electron chi connectivity index (χ0n) is 10.6. The van der Waals surface area contributed by atoms with Crippen molar-refractivity contribution in [2.24, 2.45) is 5.73 Å². The second-order valence-electron chi connectivity index (χ2n) is 5.26. The Morgan fingerprint density at radius 2 is 2.06 bits per heavy atom. The predicted octanol–water partition coefficient (Wildman–Crippen LogP) is 2.04. The molecule has 2 fully saturated rings. The Morgan fingerprint density at radius 1 is 1.31 bits per heavy atom. The minimum absolute atomic E-state index is 0.290. The van der Waals surface area contributed by atoms with Crippen LogP contribution < -0.4 is 5.73 Å². The SMILES string of the molecule is CC1CC(CN)(N2CCSC(C)C2C)CS1. The van der Waals surface area contributed by atoms with Gasteiger partial charge in [0.15, 0.2) is 0 Å². The summed E-state index contributed by atoms with van der Waals surface area (Å²) in [5.74, 6) is 2.50. The van der Waals surface area contributed by atoms with Gasteiger partial charge < -0.3 is 5.73 Å². The van der Waals surface area contributed by atoms with E-state index in [2.05, 4.69) is 49.2 Å². The lowest BCUT2D eigenvalue weighted by Crippen LogP contribution is -2.61. The second-order valence-corrected chi connectivity index (χ2v) is 8.18. The van der Waals surface area contributed by atoms with Crippen molar-refractivity contribution >= 4 is 23.5 Å². The van der Waals surface area contributed by atoms with Crippen LogP contribution >= 0.6 is 23.5 Å². The van der Waals surface area contributed by atoms with Crippen molar-refractivity contribution in [3.8, 4) is 0 Å². The highest BCUT2D eigenvalue weighted by Crippen LogP contribution is 2.41. The number of nitrogens with two attached hydrogens (primary N) is 1. The summed E-state index contributed by atoms with van der Waals surface area (Å²) in [6.07, 6.45) is 1.27. The van der Waals surface area contributed by atoms with Crippen LogP contribution in [0.2, 0.25) is 0 Å². The first kappa shape index (κ1) is 13.1. The van der Waals surface area contributed by atoms with Gasteiger partial charge in [0.2, 0.25) is 0 Å². The molecule has 0 aromatic rings. The molecule has 16 heavy (non-hydrogen) atoms. The lowest BCUT2D eigenvalue weighted by Gasteiger charge is -2.48. The Hall–Kier alpha value is 0.620. The third-order valence-electron chi connectivity index (χ3n) is 4.18. The second kappa shape index (κ2) is 5.09. The monoisotopic (exact) mass is 260 g/mol. The molecule has 0 saturated carbocycles. The largest absolute Gasteiger partial charge is 0.329 e. The summed E-state index contributed by atoms with van der Waals surface area (Å²) in [5.41, 5.74) is 6.40. The molecule has 94 valence electrons. The first-order valence-electron chi connectivity index (χ1n) is 6.29. The molecule has 0 radical (unpaired) electrons. The van der Waals surface area contributed by atoms with E-state index in [1.807, 2.05) is 0 Å². The minimum Gasteiger partial charge on any atom is -0.329 e. The van der Waals surface area contributed by atoms with Gasteiger partial charge in [-0.05, 0) is 13.3 Å². The van der Waals surface area contributed by atoms with Crippen LogP contribution in [0, 0.1) is 0 Å². The van der Waals surface area contributed by atoms with Crippen LogP contribution in [0.3, 0.4) is 0 Å². The molecule has 0 bridgehead atoms. The molecule has 2 aliphatic heterocycles. The molecule has 0 aromatic heterocycles. The van der Waals surface area contributed by atoms with Crippen LogP contribution in [-0.4, -0.2) is 51.6 Å². The molecule has 2 aliphatic rings. The lowest BCUT2D eigenvalue weighted by molar-refractivity contribution is 0.0739. The molecule has 4 heteroatoms. The van der Waals surface area contributed by atoms with Crippen molar-refractivity contribution < 1.29 is 0 Å². The molecule has 0 aliphatic carbocycles. The van der Waals surface area contributed by atoms with Crippen molar-refractivity contribution in [1.29, 1.82) is 0 Å². The van der Waals surface area contributed by atoms with Crippen molar-refractivity contribution in [1.82, 2.24) is 4.90 Å². The maximum atomic E-state index is 6.11. The normalized spacial score (nSPS) is 46.1. The fraction of sp³-hybridized carbons (Fsp3) is 1.00. The highest BCUT2D eigenvalue weighted by Gasteiger charge is 2.45. The first-order chi connectivity index (χ1) is 7.59. The molecule has 2 N–H and O–H groups in total. The first-order valence-corrected chi connectivity index (χ1v) is 8.39. The van der Waals surface area contributed by atoms with Crippen LogP contribution in [0.4, 0.5) is 0 Å². The average Bonchev–Trinajstić information content (AvgIpc) is 2.65. The number of hydrogen-bond acceptors (Lipinski definition) is 4. The van der Waals surface area contributed by atoms with Crippen LogP contribution in [0.1, 0.15) is 27.2 Å². The van der Waals surface area contributed by atoms with E-state index in [4.69, 9.17) is 5.73 Å². The van der Waals surface area contributed by atoms with E-state index in [9.17, 15) is 0 Å². The maximum absolute atomic E-state index is 6.11. The Balaban J connectivity index is 2.14. The molecular formula is C12H24N2S2. The third kappa shape index (κ3) is 2.26. The Morgan fingerprint density at radius 3 is 2.62 bits per heavy atom. The number of nitrogens with zero attached hydrogens (tertiary/aromatic N) is 1. The van der Waals surface area contributed by atoms with E-state index in [1.54, 1.807) is 0 Å². The predicted molar refractivity (Wildman–Crippen MR) is 76.4 cm³/mol. The fourth-order valence-corrected chi connectivity index (χ4v) is 5.54. The van der Waals surface area contributed by atoms with Crippen LogP contribution in [0.15, 0.2) is 0 Å². The topological polar surface area (TPSA) is 29.3 Å². The molecule has 2 heterocycles. The van der Waals surface area contributed by atoms with Gasteiger partial charge in [0.25, 0.3) is 0 Å². The smallest absolute Gasteiger partial charge is 0.0436 e. The average molecular weight is 260 g/mol. The molecule has 2 rings (SSSR count). The molecule has 0 aromatic carbocycles. The van der Waals surface area contributed by atoms with Crippen molar-refractivity contribution in [3.63, 3.8) is 0 Å². The van der Waals surface area contributed by atoms with Gasteiger partial charge in [0.1, 0.15) is 0 Å². The minimum atomic E-state index is 0.290. The van der Waals surface area contributed by atoms with Gasteiger partial charge in [-0.15, -0.1) is 0 Å². The van der Waals surface area contributed by atoms with Gasteiger partial charge in [0.05, 0.1) is 0 Å². The summed E-state index contributed by atoms with van der Waals surface area (Å²) >= 11 is 4.21. The Bertz CT molecular complexity index is 249. The Kier molecular flexibility index (Phi) is 4.15. The Labute approximate surface area is 108 Å². The van der Waals surface area contributed by atoms with Crippen LogP contribution in [0.5, 0.6) is 0 Å².